The molecule has 2 unspecified atom stereocenters. The molecule has 2 rings (SSSR count). The van der Waals surface area contributed by atoms with E-state index in [9.17, 15) is 14.7 Å². The van der Waals surface area contributed by atoms with Crippen LogP contribution in [0.2, 0.25) is 0 Å². The largest absolute Gasteiger partial charge is 0.480 e. The number of carboxylic acid groups (broad SMARTS) is 1. The van der Waals surface area contributed by atoms with E-state index >= 15 is 0 Å². The molecule has 0 saturated carbocycles. The Bertz CT molecular complexity index is 740. The molecule has 0 aromatic heterocycles. The Kier molecular flexibility index (Phi) is 6.56. The average molecular weight is 376 g/mol. The number of rotatable bonds is 6. The number of amides is 1. The molecule has 0 bridgehead atoms. The molecule has 0 spiro atoms. The monoisotopic (exact) mass is 375 g/mol. The summed E-state index contributed by atoms with van der Waals surface area (Å²) in [5.74, 6) is -1.53. The molecule has 1 saturated heterocycles. The smallest absolute Gasteiger partial charge is 0.327 e. The molecule has 4 nitrogen and oxygen atoms in total. The van der Waals surface area contributed by atoms with E-state index in [1.807, 2.05) is 57.2 Å². The number of hydrogen-bond acceptors (Lipinski definition) is 4. The normalized spacial score (nSPS) is 19.4. The highest BCUT2D eigenvalue weighted by Gasteiger charge is 2.42. The van der Waals surface area contributed by atoms with Gasteiger partial charge in [-0.3, -0.25) is 9.69 Å². The molecule has 1 heterocycles. The highest BCUT2D eigenvalue weighted by molar-refractivity contribution is 8.26. The molecule has 1 aromatic carbocycles. The van der Waals surface area contributed by atoms with E-state index in [1.54, 1.807) is 6.08 Å². The van der Waals surface area contributed by atoms with Crippen molar-refractivity contribution in [1.29, 1.82) is 0 Å². The zero-order valence-electron chi connectivity index (χ0n) is 14.4. The minimum Gasteiger partial charge on any atom is -0.480 e. The van der Waals surface area contributed by atoms with E-state index in [0.29, 0.717) is 15.6 Å². The van der Waals surface area contributed by atoms with Crippen LogP contribution in [-0.2, 0) is 9.59 Å². The van der Waals surface area contributed by atoms with Crippen molar-refractivity contribution in [2.24, 2.45) is 5.92 Å². The highest BCUT2D eigenvalue weighted by atomic mass is 32.2. The summed E-state index contributed by atoms with van der Waals surface area (Å²) in [7, 11) is 0. The minimum atomic E-state index is -1.02. The zero-order valence-corrected chi connectivity index (χ0v) is 16.1. The zero-order chi connectivity index (χ0) is 18.6. The fraction of sp³-hybridized carbons (Fsp3) is 0.316. The van der Waals surface area contributed by atoms with Crippen molar-refractivity contribution in [2.45, 2.75) is 33.2 Å². The first-order valence-electron chi connectivity index (χ1n) is 8.08. The fourth-order valence-electron chi connectivity index (χ4n) is 2.61. The van der Waals surface area contributed by atoms with Crippen LogP contribution >= 0.6 is 24.0 Å². The number of hydrogen-bond donors (Lipinski definition) is 1. The molecule has 25 heavy (non-hydrogen) atoms. The lowest BCUT2D eigenvalue weighted by Gasteiger charge is -2.27. The maximum Gasteiger partial charge on any atom is 0.327 e. The van der Waals surface area contributed by atoms with Crippen LogP contribution in [-0.4, -0.2) is 32.2 Å². The quantitative estimate of drug-likeness (QED) is 0.592. The van der Waals surface area contributed by atoms with Gasteiger partial charge in [-0.1, -0.05) is 80.7 Å². The van der Waals surface area contributed by atoms with Gasteiger partial charge < -0.3 is 5.11 Å². The van der Waals surface area contributed by atoms with Crippen molar-refractivity contribution < 1.29 is 14.7 Å². The Morgan fingerprint density at radius 1 is 1.36 bits per heavy atom. The predicted molar refractivity (Wildman–Crippen MR) is 106 cm³/mol. The topological polar surface area (TPSA) is 57.6 Å². The third-order valence-electron chi connectivity index (χ3n) is 4.09. The SMILES string of the molecule is CCC(C)C(C(=O)O)N1C(=O)/C(=C/C(C)=C/c2ccccc2)SC1=S. The number of carboxylic acids is 1. The van der Waals surface area contributed by atoms with Crippen LogP contribution in [0, 0.1) is 5.92 Å². The maximum absolute atomic E-state index is 12.7. The van der Waals surface area contributed by atoms with Gasteiger partial charge in [0.2, 0.25) is 0 Å². The predicted octanol–water partition coefficient (Wildman–Crippen LogP) is 4.33. The molecule has 2 atom stereocenters. The second-order valence-corrected chi connectivity index (χ2v) is 7.70. The van der Waals surface area contributed by atoms with E-state index < -0.39 is 12.0 Å². The number of thioether (sulfide) groups is 1. The Hall–Kier alpha value is -1.92. The third kappa shape index (κ3) is 4.58. The van der Waals surface area contributed by atoms with Gasteiger partial charge in [-0.15, -0.1) is 0 Å². The molecule has 1 aromatic rings. The molecule has 1 aliphatic rings. The van der Waals surface area contributed by atoms with Gasteiger partial charge in [-0.05, 0) is 30.1 Å². The van der Waals surface area contributed by atoms with Crippen LogP contribution in [0.5, 0.6) is 0 Å². The van der Waals surface area contributed by atoms with E-state index in [1.165, 1.54) is 4.90 Å². The Balaban J connectivity index is 2.28. The summed E-state index contributed by atoms with van der Waals surface area (Å²) in [6.45, 7) is 5.63. The van der Waals surface area contributed by atoms with Crippen LogP contribution in [0.4, 0.5) is 0 Å². The summed E-state index contributed by atoms with van der Waals surface area (Å²) >= 11 is 6.44. The average Bonchev–Trinajstić information content (AvgIpc) is 2.83. The van der Waals surface area contributed by atoms with Gasteiger partial charge in [0.25, 0.3) is 5.91 Å². The second-order valence-electron chi connectivity index (χ2n) is 6.02. The summed E-state index contributed by atoms with van der Waals surface area (Å²) in [6.07, 6.45) is 4.39. The second kappa shape index (κ2) is 8.45. The number of aliphatic carboxylic acids is 1. The lowest BCUT2D eigenvalue weighted by Crippen LogP contribution is -2.47. The van der Waals surface area contributed by atoms with Crippen molar-refractivity contribution in [1.82, 2.24) is 4.90 Å². The molecule has 1 fully saturated rings. The number of carbonyl (C=O) groups excluding carboxylic acids is 1. The molecular weight excluding hydrogens is 354 g/mol. The van der Waals surface area contributed by atoms with Crippen molar-refractivity contribution >= 4 is 46.3 Å². The van der Waals surface area contributed by atoms with E-state index in [0.717, 1.165) is 22.9 Å². The fourth-order valence-corrected chi connectivity index (χ4v) is 3.99. The first-order valence-corrected chi connectivity index (χ1v) is 9.30. The van der Waals surface area contributed by atoms with Gasteiger partial charge in [0.15, 0.2) is 0 Å². The Labute approximate surface area is 157 Å². The molecule has 132 valence electrons. The van der Waals surface area contributed by atoms with Crippen LogP contribution in [0.1, 0.15) is 32.8 Å². The highest BCUT2D eigenvalue weighted by Crippen LogP contribution is 2.35. The van der Waals surface area contributed by atoms with Gasteiger partial charge in [0.05, 0.1) is 4.91 Å². The van der Waals surface area contributed by atoms with Crippen LogP contribution in [0.25, 0.3) is 6.08 Å². The van der Waals surface area contributed by atoms with Gasteiger partial charge in [0, 0.05) is 0 Å². The van der Waals surface area contributed by atoms with Gasteiger partial charge >= 0.3 is 5.97 Å². The van der Waals surface area contributed by atoms with Crippen molar-refractivity contribution in [3.63, 3.8) is 0 Å². The molecular formula is C19H21NO3S2. The van der Waals surface area contributed by atoms with E-state index in [-0.39, 0.29) is 11.8 Å². The summed E-state index contributed by atoms with van der Waals surface area (Å²) in [6, 6.07) is 8.86. The van der Waals surface area contributed by atoms with Crippen LogP contribution in [0.15, 0.2) is 46.9 Å². The summed E-state index contributed by atoms with van der Waals surface area (Å²) in [5, 5.41) is 9.54. The Morgan fingerprint density at radius 2 is 2.00 bits per heavy atom. The number of benzene rings is 1. The van der Waals surface area contributed by atoms with Crippen LogP contribution < -0.4 is 0 Å². The standard InChI is InChI=1S/C19H21NO3S2/c1-4-13(3)16(18(22)23)20-17(21)15(25-19(20)24)11-12(2)10-14-8-6-5-7-9-14/h5-11,13,16H,4H2,1-3H3,(H,22,23)/b12-10+,15-11-. The lowest BCUT2D eigenvalue weighted by molar-refractivity contribution is -0.147. The van der Waals surface area contributed by atoms with Crippen molar-refractivity contribution in [2.75, 3.05) is 0 Å². The maximum atomic E-state index is 12.7. The number of carbonyl (C=O) groups is 2. The van der Waals surface area contributed by atoms with Crippen molar-refractivity contribution in [3.8, 4) is 0 Å². The molecule has 6 heteroatoms. The lowest BCUT2D eigenvalue weighted by atomic mass is 9.98. The van der Waals surface area contributed by atoms with Crippen LogP contribution in [0.3, 0.4) is 0 Å². The molecule has 1 amide bonds. The third-order valence-corrected chi connectivity index (χ3v) is 5.42. The molecule has 1 aliphatic heterocycles. The van der Waals surface area contributed by atoms with E-state index in [4.69, 9.17) is 12.2 Å². The summed E-state index contributed by atoms with van der Waals surface area (Å²) in [4.78, 5) is 26.1. The van der Waals surface area contributed by atoms with Gasteiger partial charge in [0.1, 0.15) is 10.4 Å². The summed E-state index contributed by atoms with van der Waals surface area (Å²) in [5.41, 5.74) is 1.94. The molecule has 1 N–H and O–H groups in total. The Morgan fingerprint density at radius 3 is 2.56 bits per heavy atom. The van der Waals surface area contributed by atoms with Gasteiger partial charge in [-0.25, -0.2) is 4.79 Å². The first kappa shape index (κ1) is 19.4. The molecule has 0 aliphatic carbocycles. The van der Waals surface area contributed by atoms with Crippen molar-refractivity contribution in [3.05, 3.63) is 52.4 Å². The number of allylic oxidation sites excluding steroid dienone is 2. The first-order chi connectivity index (χ1) is 11.8. The number of thiocarbonyl (C=S) groups is 1. The van der Waals surface area contributed by atoms with Gasteiger partial charge in [-0.2, -0.15) is 0 Å². The summed E-state index contributed by atoms with van der Waals surface area (Å²) < 4.78 is 0.302. The van der Waals surface area contributed by atoms with E-state index in [2.05, 4.69) is 0 Å². The minimum absolute atomic E-state index is 0.180. The molecule has 0 radical (unpaired) electrons. The number of nitrogens with zero attached hydrogens (tertiary/aromatic N) is 1.